The van der Waals surface area contributed by atoms with Crippen LogP contribution in [0.15, 0.2) is 60.7 Å². The number of ether oxygens (including phenoxy) is 2. The van der Waals surface area contributed by atoms with Crippen LogP contribution in [0.2, 0.25) is 0 Å². The first-order chi connectivity index (χ1) is 14.5. The zero-order valence-electron chi connectivity index (χ0n) is 16.7. The van der Waals surface area contributed by atoms with Crippen LogP contribution in [-0.4, -0.2) is 31.1 Å². The second kappa shape index (κ2) is 7.91. The van der Waals surface area contributed by atoms with Crippen molar-refractivity contribution in [1.29, 1.82) is 0 Å². The lowest BCUT2D eigenvalue weighted by molar-refractivity contribution is 0.0925. The molecule has 0 saturated carbocycles. The van der Waals surface area contributed by atoms with E-state index >= 15 is 0 Å². The van der Waals surface area contributed by atoms with Crippen LogP contribution >= 0.6 is 0 Å². The number of anilines is 1. The molecule has 6 heteroatoms. The summed E-state index contributed by atoms with van der Waals surface area (Å²) in [6.45, 7) is 0. The summed E-state index contributed by atoms with van der Waals surface area (Å²) in [6, 6.07) is 17.4. The van der Waals surface area contributed by atoms with E-state index in [9.17, 15) is 14.7 Å². The molecule has 0 aliphatic carbocycles. The molecule has 1 aliphatic rings. The largest absolute Gasteiger partial charge is 0.508 e. The Bertz CT molecular complexity index is 1120. The van der Waals surface area contributed by atoms with E-state index in [0.717, 1.165) is 28.2 Å². The molecule has 3 aromatic rings. The van der Waals surface area contributed by atoms with Crippen LogP contribution in [0.4, 0.5) is 5.69 Å². The Labute approximate surface area is 174 Å². The maximum absolute atomic E-state index is 13.0. The third-order valence-electron chi connectivity index (χ3n) is 5.25. The lowest BCUT2D eigenvalue weighted by Crippen LogP contribution is -2.30. The topological polar surface area (TPSA) is 76.1 Å². The zero-order valence-corrected chi connectivity index (χ0v) is 16.7. The summed E-state index contributed by atoms with van der Waals surface area (Å²) in [5, 5.41) is 9.73. The van der Waals surface area contributed by atoms with Gasteiger partial charge in [0.05, 0.1) is 31.0 Å². The minimum Gasteiger partial charge on any atom is -0.508 e. The molecular formula is C24H21NO5. The number of phenolic OH excluding ortho intramolecular Hbond substituents is 1. The molecule has 2 amide bonds. The molecule has 0 bridgehead atoms. The Morgan fingerprint density at radius 1 is 0.767 bits per heavy atom. The molecule has 3 aromatic carbocycles. The Morgan fingerprint density at radius 2 is 1.43 bits per heavy atom. The monoisotopic (exact) mass is 403 g/mol. The summed E-state index contributed by atoms with van der Waals surface area (Å²) in [4.78, 5) is 27.1. The zero-order chi connectivity index (χ0) is 21.3. The van der Waals surface area contributed by atoms with Gasteiger partial charge in [-0.1, -0.05) is 18.2 Å². The number of amides is 2. The normalized spacial score (nSPS) is 12.8. The fourth-order valence-corrected chi connectivity index (χ4v) is 3.61. The SMILES string of the molecule is COc1ccc(CCc2ccc(OC)cc2N2C(=O)c3ccc(O)cc3C2=O)cc1. The van der Waals surface area contributed by atoms with E-state index in [-0.39, 0.29) is 16.9 Å². The highest BCUT2D eigenvalue weighted by Gasteiger charge is 2.38. The van der Waals surface area contributed by atoms with Gasteiger partial charge in [-0.15, -0.1) is 0 Å². The fourth-order valence-electron chi connectivity index (χ4n) is 3.61. The van der Waals surface area contributed by atoms with Crippen LogP contribution in [0.5, 0.6) is 17.2 Å². The first kappa shape index (κ1) is 19.5. The number of nitrogens with zero attached hydrogens (tertiary/aromatic N) is 1. The van der Waals surface area contributed by atoms with Crippen molar-refractivity contribution in [2.45, 2.75) is 12.8 Å². The van der Waals surface area contributed by atoms with Crippen molar-refractivity contribution in [3.63, 3.8) is 0 Å². The number of rotatable bonds is 6. The number of carbonyl (C=O) groups is 2. The second-order valence-corrected chi connectivity index (χ2v) is 7.02. The maximum Gasteiger partial charge on any atom is 0.266 e. The van der Waals surface area contributed by atoms with E-state index in [1.165, 1.54) is 25.3 Å². The maximum atomic E-state index is 13.0. The highest BCUT2D eigenvalue weighted by molar-refractivity contribution is 6.34. The first-order valence-corrected chi connectivity index (χ1v) is 9.53. The predicted molar refractivity (Wildman–Crippen MR) is 113 cm³/mol. The van der Waals surface area contributed by atoms with Gasteiger partial charge >= 0.3 is 0 Å². The van der Waals surface area contributed by atoms with Gasteiger partial charge in [-0.25, -0.2) is 4.90 Å². The lowest BCUT2D eigenvalue weighted by atomic mass is 10.0. The van der Waals surface area contributed by atoms with E-state index in [0.29, 0.717) is 17.9 Å². The molecule has 0 fully saturated rings. The molecule has 1 heterocycles. The average Bonchev–Trinajstić information content (AvgIpc) is 3.01. The van der Waals surface area contributed by atoms with Crippen LogP contribution < -0.4 is 14.4 Å². The van der Waals surface area contributed by atoms with Gasteiger partial charge in [0, 0.05) is 6.07 Å². The third-order valence-corrected chi connectivity index (χ3v) is 5.25. The summed E-state index contributed by atoms with van der Waals surface area (Å²) in [5.74, 6) is 0.427. The molecule has 0 spiro atoms. The molecule has 0 saturated heterocycles. The van der Waals surface area contributed by atoms with Crippen molar-refractivity contribution in [2.24, 2.45) is 0 Å². The third kappa shape index (κ3) is 3.48. The van der Waals surface area contributed by atoms with Gasteiger partial charge in [0.15, 0.2) is 0 Å². The summed E-state index contributed by atoms with van der Waals surface area (Å²) in [6.07, 6.45) is 1.36. The molecule has 4 rings (SSSR count). The van der Waals surface area contributed by atoms with Gasteiger partial charge in [-0.05, 0) is 60.4 Å². The molecule has 1 aliphatic heterocycles. The highest BCUT2D eigenvalue weighted by Crippen LogP contribution is 2.35. The molecule has 0 unspecified atom stereocenters. The number of fused-ring (bicyclic) bond motifs is 1. The number of aryl methyl sites for hydroxylation is 2. The van der Waals surface area contributed by atoms with Gasteiger partial charge < -0.3 is 14.6 Å². The summed E-state index contributed by atoms with van der Waals surface area (Å²) >= 11 is 0. The van der Waals surface area contributed by atoms with Crippen molar-refractivity contribution in [3.8, 4) is 17.2 Å². The summed E-state index contributed by atoms with van der Waals surface area (Å²) in [5.41, 5.74) is 2.94. The smallest absolute Gasteiger partial charge is 0.266 e. The lowest BCUT2D eigenvalue weighted by Gasteiger charge is -2.19. The Morgan fingerprint density at radius 3 is 2.13 bits per heavy atom. The van der Waals surface area contributed by atoms with Crippen molar-refractivity contribution in [3.05, 3.63) is 82.9 Å². The van der Waals surface area contributed by atoms with Crippen molar-refractivity contribution >= 4 is 17.5 Å². The minimum absolute atomic E-state index is 0.0536. The molecule has 1 N–H and O–H groups in total. The number of hydrogen-bond donors (Lipinski definition) is 1. The van der Waals surface area contributed by atoms with Crippen molar-refractivity contribution in [2.75, 3.05) is 19.1 Å². The highest BCUT2D eigenvalue weighted by atomic mass is 16.5. The summed E-state index contributed by atoms with van der Waals surface area (Å²) < 4.78 is 10.5. The Kier molecular flexibility index (Phi) is 5.14. The summed E-state index contributed by atoms with van der Waals surface area (Å²) in [7, 11) is 3.16. The second-order valence-electron chi connectivity index (χ2n) is 7.02. The van der Waals surface area contributed by atoms with E-state index < -0.39 is 11.8 Å². The van der Waals surface area contributed by atoms with Gasteiger partial charge in [0.2, 0.25) is 0 Å². The molecular weight excluding hydrogens is 382 g/mol. The van der Waals surface area contributed by atoms with Gasteiger partial charge in [0.1, 0.15) is 17.2 Å². The van der Waals surface area contributed by atoms with Crippen LogP contribution in [-0.2, 0) is 12.8 Å². The number of benzene rings is 3. The molecule has 0 aromatic heterocycles. The number of phenols is 1. The number of aromatic hydroxyl groups is 1. The molecule has 6 nitrogen and oxygen atoms in total. The minimum atomic E-state index is -0.454. The van der Waals surface area contributed by atoms with Crippen LogP contribution in [0.25, 0.3) is 0 Å². The number of methoxy groups -OCH3 is 2. The average molecular weight is 403 g/mol. The van der Waals surface area contributed by atoms with Crippen LogP contribution in [0, 0.1) is 0 Å². The van der Waals surface area contributed by atoms with E-state index in [4.69, 9.17) is 9.47 Å². The van der Waals surface area contributed by atoms with E-state index in [1.807, 2.05) is 36.4 Å². The van der Waals surface area contributed by atoms with Crippen LogP contribution in [0.3, 0.4) is 0 Å². The molecule has 30 heavy (non-hydrogen) atoms. The van der Waals surface area contributed by atoms with Crippen LogP contribution in [0.1, 0.15) is 31.8 Å². The molecule has 0 radical (unpaired) electrons. The molecule has 152 valence electrons. The van der Waals surface area contributed by atoms with Gasteiger partial charge in [0.25, 0.3) is 11.8 Å². The Hall–Kier alpha value is -3.80. The quantitative estimate of drug-likeness (QED) is 0.630. The van der Waals surface area contributed by atoms with Gasteiger partial charge in [-0.3, -0.25) is 9.59 Å². The van der Waals surface area contributed by atoms with Gasteiger partial charge in [-0.2, -0.15) is 0 Å². The van der Waals surface area contributed by atoms with Crippen molar-refractivity contribution in [1.82, 2.24) is 0 Å². The fraction of sp³-hybridized carbons (Fsp3) is 0.167. The number of carbonyl (C=O) groups excluding carboxylic acids is 2. The first-order valence-electron chi connectivity index (χ1n) is 9.53. The predicted octanol–water partition coefficient (Wildman–Crippen LogP) is 4.00. The van der Waals surface area contributed by atoms with Crippen molar-refractivity contribution < 1.29 is 24.2 Å². The number of hydrogen-bond acceptors (Lipinski definition) is 5. The Balaban J connectivity index is 1.67. The standard InChI is InChI=1S/C24H21NO5/c1-29-18-9-4-15(5-10-18)3-6-16-7-11-19(30-2)14-22(16)25-23(27)20-12-8-17(26)13-21(20)24(25)28/h4-5,7-14,26H,3,6H2,1-2H3. The number of imide groups is 1. The molecule has 0 atom stereocenters. The van der Waals surface area contributed by atoms with E-state index in [1.54, 1.807) is 13.2 Å². The van der Waals surface area contributed by atoms with E-state index in [2.05, 4.69) is 0 Å².